The van der Waals surface area contributed by atoms with E-state index >= 15 is 0 Å². The number of amides is 1. The van der Waals surface area contributed by atoms with E-state index in [1.165, 1.54) is 97.1 Å². The number of fused-ring (bicyclic) bond motifs is 1. The first-order chi connectivity index (χ1) is 36.1. The number of rotatable bonds is 25. The second-order valence-electron chi connectivity index (χ2n) is 15.0. The molecular weight excluding hydrogens is 1230 g/mol. The van der Waals surface area contributed by atoms with Crippen LogP contribution in [0.2, 0.25) is 0 Å². The zero-order valence-electron chi connectivity index (χ0n) is 41.9. The van der Waals surface area contributed by atoms with E-state index in [-0.39, 0.29) is 209 Å². The number of hydrogen-bond donors (Lipinski definition) is 5. The van der Waals surface area contributed by atoms with Gasteiger partial charge in [0.05, 0.1) is 55.4 Å². The van der Waals surface area contributed by atoms with Gasteiger partial charge in [0, 0.05) is 51.5 Å². The molecule has 0 aliphatic rings. The van der Waals surface area contributed by atoms with Gasteiger partial charge in [0.2, 0.25) is 28.2 Å². The van der Waals surface area contributed by atoms with Gasteiger partial charge in [-0.15, -0.1) is 5.11 Å². The van der Waals surface area contributed by atoms with Crippen molar-refractivity contribution in [1.29, 1.82) is 0 Å². The minimum atomic E-state index is -5.08. The maximum absolute atomic E-state index is 13.0. The Morgan fingerprint density at radius 3 is 1.58 bits per heavy atom. The van der Waals surface area contributed by atoms with Gasteiger partial charge in [-0.1, -0.05) is 13.5 Å². The van der Waals surface area contributed by atoms with Gasteiger partial charge in [0.1, 0.15) is 15.8 Å². The predicted octanol–water partition coefficient (Wildman–Crippen LogP) is -6.69. The summed E-state index contributed by atoms with van der Waals surface area (Å²) in [6.07, 6.45) is 0. The molecule has 0 aliphatic heterocycles. The van der Waals surface area contributed by atoms with Crippen molar-refractivity contribution in [2.75, 3.05) is 45.1 Å². The third-order valence-corrected chi connectivity index (χ3v) is 16.0. The van der Waals surface area contributed by atoms with Crippen molar-refractivity contribution in [2.24, 2.45) is 10.2 Å². The largest absolute Gasteiger partial charge is 1.00 e. The summed E-state index contributed by atoms with van der Waals surface area (Å²) in [7, 11) is -17.7. The Balaban J connectivity index is 0.00000448. The third-order valence-electron chi connectivity index (χ3n) is 9.92. The molecule has 0 spiro atoms. The summed E-state index contributed by atoms with van der Waals surface area (Å²) in [6, 6.07) is 27.0. The summed E-state index contributed by atoms with van der Waals surface area (Å²) in [5.74, 6) is -2.59. The molecule has 0 aliphatic carbocycles. The van der Waals surface area contributed by atoms with Crippen molar-refractivity contribution < 1.29 is 204 Å². The van der Waals surface area contributed by atoms with E-state index in [1.807, 2.05) is 0 Å². The molecule has 6 aromatic carbocycles. The molecule has 0 saturated carbocycles. The normalized spacial score (nSPS) is 11.5. The first-order valence-electron chi connectivity index (χ1n) is 20.8. The van der Waals surface area contributed by atoms with Gasteiger partial charge in [0.15, 0.2) is 25.4 Å². The number of phenolic OH excluding ortho intramolecular Hbond substituents is 1. The molecule has 0 radical (unpaired) electrons. The van der Waals surface area contributed by atoms with Crippen molar-refractivity contribution >= 4 is 133 Å². The van der Waals surface area contributed by atoms with Gasteiger partial charge in [-0.25, -0.2) is 33.7 Å². The number of aromatic nitrogens is 3. The van der Waals surface area contributed by atoms with Gasteiger partial charge >= 0.3 is 118 Å². The number of carbonyl (C=O) groups is 1. The molecule has 81 heavy (non-hydrogen) atoms. The number of sulfone groups is 2. The fraction of sp³-hybridized carbons (Fsp3) is 0.116. The van der Waals surface area contributed by atoms with Crippen LogP contribution in [-0.4, -0.2) is 92.6 Å². The third kappa shape index (κ3) is 22.1. The molecule has 5 N–H and O–H groups in total. The zero-order chi connectivity index (χ0) is 54.7. The Labute approximate surface area is 560 Å². The number of phenols is 1. The van der Waals surface area contributed by atoms with Crippen molar-refractivity contribution in [3.05, 3.63) is 127 Å². The number of nitrogens with one attached hydrogen (secondary N) is 4. The Morgan fingerprint density at radius 1 is 0.593 bits per heavy atom. The molecule has 38 heteroatoms. The SMILES string of the molecule is C.O=C(Nc1ccc(S(=O)(=O)CCOS(=O)(=O)[O-])cc1)c1ccc(N=Nc2c(SOO[O-])cc3ccc(Nc4nc(Nc5ccc(S(=O)(=O)[O-])cc5)nc(Nc5ccc(S(=O)(=O)CCSOO[O-])cc5)n4)cc3c2O)cc1.[Na+].[Na+].[Na+].[Na+]. The minimum Gasteiger partial charge on any atom is -0.744 e. The average molecular weight is 1270 g/mol. The molecule has 7 rings (SSSR count). The number of benzene rings is 6. The molecule has 7 aromatic rings. The van der Waals surface area contributed by atoms with Crippen LogP contribution in [0.15, 0.2) is 151 Å². The Hall–Kier alpha value is -3.00. The summed E-state index contributed by atoms with van der Waals surface area (Å²) >= 11 is 0.941. The maximum atomic E-state index is 13.0. The van der Waals surface area contributed by atoms with Crippen LogP contribution < -0.4 is 150 Å². The zero-order valence-corrected chi connectivity index (χ0v) is 54.8. The van der Waals surface area contributed by atoms with E-state index in [0.717, 1.165) is 12.1 Å². The summed E-state index contributed by atoms with van der Waals surface area (Å²) in [6.45, 7) is -0.878. The van der Waals surface area contributed by atoms with Gasteiger partial charge in [0.25, 0.3) is 5.91 Å². The second kappa shape index (κ2) is 33.6. The minimum absolute atomic E-state index is 0. The van der Waals surface area contributed by atoms with Crippen LogP contribution in [0.3, 0.4) is 0 Å². The average Bonchev–Trinajstić information content (AvgIpc) is 3.37. The van der Waals surface area contributed by atoms with Gasteiger partial charge in [-0.2, -0.15) is 28.7 Å². The van der Waals surface area contributed by atoms with Gasteiger partial charge < -0.3 is 46.0 Å². The smallest absolute Gasteiger partial charge is 0.744 e. The molecule has 0 unspecified atom stereocenters. The van der Waals surface area contributed by atoms with Crippen LogP contribution in [0.5, 0.6) is 5.75 Å². The Kier molecular flexibility index (Phi) is 30.8. The number of hydrogen-bond acceptors (Lipinski definition) is 29. The topological polar surface area (TPSA) is 424 Å². The first-order valence-corrected chi connectivity index (χ1v) is 28.5. The number of anilines is 7. The van der Waals surface area contributed by atoms with Crippen LogP contribution >= 0.6 is 24.1 Å². The van der Waals surface area contributed by atoms with Crippen LogP contribution in [0, 0.1) is 0 Å². The van der Waals surface area contributed by atoms with E-state index in [4.69, 9.17) is 0 Å². The van der Waals surface area contributed by atoms with E-state index < -0.39 is 69.1 Å². The molecule has 408 valence electrons. The predicted molar refractivity (Wildman–Crippen MR) is 270 cm³/mol. The molecule has 28 nitrogen and oxygen atoms in total. The molecule has 0 bridgehead atoms. The fourth-order valence-corrected chi connectivity index (χ4v) is 10.9. The van der Waals surface area contributed by atoms with E-state index in [0.29, 0.717) is 35.2 Å². The van der Waals surface area contributed by atoms with Crippen molar-refractivity contribution in [3.63, 3.8) is 0 Å². The van der Waals surface area contributed by atoms with E-state index in [2.05, 4.69) is 69.4 Å². The monoisotopic (exact) mass is 1270 g/mol. The van der Waals surface area contributed by atoms with Gasteiger partial charge in [-0.3, -0.25) is 19.1 Å². The molecule has 1 aromatic heterocycles. The van der Waals surface area contributed by atoms with Crippen molar-refractivity contribution in [1.82, 2.24) is 15.0 Å². The van der Waals surface area contributed by atoms with E-state index in [1.54, 1.807) is 12.1 Å². The molecule has 1 amide bonds. The quantitative estimate of drug-likeness (QED) is 0.00519. The van der Waals surface area contributed by atoms with Crippen molar-refractivity contribution in [3.8, 4) is 5.75 Å². The van der Waals surface area contributed by atoms with E-state index in [9.17, 15) is 63.2 Å². The second-order valence-corrected chi connectivity index (χ2v) is 23.1. The number of carbonyl (C=O) groups excluding carboxylic acids is 1. The standard InChI is InChI=1S/C42H37N9O19S6.CH4.4Na/c52-38-35-24-31(46-42-48-40(47-41(49-42)45-29-11-17-34(18-12-29)75(60,61)62)44-28-9-15-33(16-10-28)74(58,59)22-20-71-69-67-54)6-3-26(35)23-36(72-70-68-55)37(38)51-50-30-4-1-25(2-5-30)39(53)43-27-7-13-32(14-8-27)73(56,57)21-19-66-76(63,64)65;;;;;/h1-18,23-24,52,54-55H,19-22H2,(H,43,53)(H,60,61,62)(H,63,64,65)(H3,44,45,46,47,48,49);1H4;;;;/q;;4*+1/p-4. The molecule has 1 heterocycles. The molecule has 0 saturated heterocycles. The number of azo groups is 1. The molecule has 0 fully saturated rings. The summed E-state index contributed by atoms with van der Waals surface area (Å²) < 4.78 is 130. The Morgan fingerprint density at radius 2 is 1.07 bits per heavy atom. The maximum Gasteiger partial charge on any atom is 1.00 e. The number of nitrogens with zero attached hydrogens (tertiary/aromatic N) is 5. The molecular formula is C43H37N9Na4O19S6. The van der Waals surface area contributed by atoms with Crippen LogP contribution in [0.4, 0.5) is 52.0 Å². The van der Waals surface area contributed by atoms with Crippen LogP contribution in [0.25, 0.3) is 10.8 Å². The summed E-state index contributed by atoms with van der Waals surface area (Å²) in [4.78, 5) is 25.6. The fourth-order valence-electron chi connectivity index (χ4n) is 6.43. The molecule has 0 atom stereocenters. The van der Waals surface area contributed by atoms with Gasteiger partial charge in [-0.05, 0) is 121 Å². The van der Waals surface area contributed by atoms with Crippen LogP contribution in [-0.2, 0) is 63.1 Å². The summed E-state index contributed by atoms with van der Waals surface area (Å²) in [5, 5.41) is 59.6. The number of aromatic hydroxyl groups is 1. The van der Waals surface area contributed by atoms with Crippen molar-refractivity contribution in [2.45, 2.75) is 27.0 Å². The summed E-state index contributed by atoms with van der Waals surface area (Å²) in [5.41, 5.74) is 1.23. The Bertz CT molecular complexity index is 3740. The first kappa shape index (κ1) is 74.1. The van der Waals surface area contributed by atoms with Crippen LogP contribution in [0.1, 0.15) is 17.8 Å².